The molecule has 2 amide bonds. The summed E-state index contributed by atoms with van der Waals surface area (Å²) >= 11 is 0. The number of piperidine rings is 1. The summed E-state index contributed by atoms with van der Waals surface area (Å²) in [5.41, 5.74) is 0. The molecular formula is C12H22N2O4. The lowest BCUT2D eigenvalue weighted by atomic mass is 10.1. The van der Waals surface area contributed by atoms with Crippen molar-refractivity contribution in [2.75, 3.05) is 26.3 Å². The zero-order valence-electron chi connectivity index (χ0n) is 10.9. The number of hydrogen-bond donors (Lipinski definition) is 2. The number of nitrogens with zero attached hydrogens (tertiary/aromatic N) is 1. The summed E-state index contributed by atoms with van der Waals surface area (Å²) in [5.74, 6) is 0.0411. The Morgan fingerprint density at radius 2 is 2.28 bits per heavy atom. The molecule has 0 saturated carbocycles. The van der Waals surface area contributed by atoms with E-state index in [0.29, 0.717) is 26.0 Å². The Hall–Kier alpha value is -1.30. The van der Waals surface area contributed by atoms with Crippen LogP contribution in [0.1, 0.15) is 32.6 Å². The second-order valence-electron chi connectivity index (χ2n) is 4.37. The van der Waals surface area contributed by atoms with E-state index in [9.17, 15) is 9.59 Å². The highest BCUT2D eigenvalue weighted by atomic mass is 16.5. The summed E-state index contributed by atoms with van der Waals surface area (Å²) in [6, 6.07) is -0.0316. The summed E-state index contributed by atoms with van der Waals surface area (Å²) in [6.45, 7) is 3.39. The second kappa shape index (κ2) is 7.92. The minimum Gasteiger partial charge on any atom is -0.450 e. The molecule has 6 nitrogen and oxygen atoms in total. The van der Waals surface area contributed by atoms with Crippen molar-refractivity contribution in [3.8, 4) is 0 Å². The lowest BCUT2D eigenvalue weighted by Gasteiger charge is -2.33. The van der Waals surface area contributed by atoms with Crippen LogP contribution in [0.25, 0.3) is 0 Å². The van der Waals surface area contributed by atoms with Crippen molar-refractivity contribution in [1.82, 2.24) is 10.2 Å². The molecule has 1 aliphatic heterocycles. The van der Waals surface area contributed by atoms with Gasteiger partial charge >= 0.3 is 6.09 Å². The van der Waals surface area contributed by atoms with Crippen molar-refractivity contribution in [2.45, 2.75) is 38.6 Å². The highest BCUT2D eigenvalue weighted by Gasteiger charge is 2.24. The van der Waals surface area contributed by atoms with E-state index in [1.165, 1.54) is 0 Å². The standard InChI is InChI=1S/C12H22N2O4/c1-2-18-12(17)13-10-5-3-7-14(9-10)11(16)6-4-8-15/h10,15H,2-9H2,1H3,(H,13,17). The predicted octanol–water partition coefficient (Wildman–Crippen LogP) is 0.496. The predicted molar refractivity (Wildman–Crippen MR) is 66.1 cm³/mol. The minimum absolute atomic E-state index is 0.0316. The van der Waals surface area contributed by atoms with E-state index in [1.54, 1.807) is 11.8 Å². The Kier molecular flexibility index (Phi) is 6.49. The zero-order valence-corrected chi connectivity index (χ0v) is 10.9. The summed E-state index contributed by atoms with van der Waals surface area (Å²) in [4.78, 5) is 24.8. The Balaban J connectivity index is 2.36. The van der Waals surface area contributed by atoms with Crippen LogP contribution in [0.2, 0.25) is 0 Å². The van der Waals surface area contributed by atoms with Gasteiger partial charge in [-0.3, -0.25) is 4.79 Å². The number of carbonyl (C=O) groups excluding carboxylic acids is 2. The van der Waals surface area contributed by atoms with Gasteiger partial charge in [-0.1, -0.05) is 0 Å². The summed E-state index contributed by atoms with van der Waals surface area (Å²) < 4.78 is 4.82. The SMILES string of the molecule is CCOC(=O)NC1CCCN(C(=O)CCCO)C1. The van der Waals surface area contributed by atoms with Gasteiger partial charge in [-0.15, -0.1) is 0 Å². The monoisotopic (exact) mass is 258 g/mol. The van der Waals surface area contributed by atoms with Crippen molar-refractivity contribution < 1.29 is 19.4 Å². The topological polar surface area (TPSA) is 78.9 Å². The fourth-order valence-electron chi connectivity index (χ4n) is 2.05. The van der Waals surface area contributed by atoms with Crippen LogP contribution in [0, 0.1) is 0 Å². The molecular weight excluding hydrogens is 236 g/mol. The second-order valence-corrected chi connectivity index (χ2v) is 4.37. The van der Waals surface area contributed by atoms with E-state index in [-0.39, 0.29) is 18.6 Å². The van der Waals surface area contributed by atoms with Crippen molar-refractivity contribution in [3.05, 3.63) is 0 Å². The smallest absolute Gasteiger partial charge is 0.407 e. The molecule has 18 heavy (non-hydrogen) atoms. The fourth-order valence-corrected chi connectivity index (χ4v) is 2.05. The van der Waals surface area contributed by atoms with Gasteiger partial charge in [-0.05, 0) is 26.2 Å². The summed E-state index contributed by atoms with van der Waals surface area (Å²) in [6.07, 6.45) is 2.17. The number of carbonyl (C=O) groups is 2. The largest absolute Gasteiger partial charge is 0.450 e. The number of amides is 2. The lowest BCUT2D eigenvalue weighted by molar-refractivity contribution is -0.132. The molecule has 104 valence electrons. The van der Waals surface area contributed by atoms with Crippen LogP contribution in [-0.4, -0.2) is 54.4 Å². The first-order chi connectivity index (χ1) is 8.67. The molecule has 0 bridgehead atoms. The van der Waals surface area contributed by atoms with E-state index >= 15 is 0 Å². The van der Waals surface area contributed by atoms with Gasteiger partial charge in [-0.25, -0.2) is 4.79 Å². The molecule has 0 spiro atoms. The van der Waals surface area contributed by atoms with E-state index in [2.05, 4.69) is 5.32 Å². The summed E-state index contributed by atoms with van der Waals surface area (Å²) in [5, 5.41) is 11.5. The van der Waals surface area contributed by atoms with Gasteiger partial charge in [-0.2, -0.15) is 0 Å². The van der Waals surface area contributed by atoms with Crippen LogP contribution in [0.3, 0.4) is 0 Å². The highest BCUT2D eigenvalue weighted by molar-refractivity contribution is 5.76. The number of nitrogens with one attached hydrogen (secondary N) is 1. The third-order valence-corrected chi connectivity index (χ3v) is 2.92. The van der Waals surface area contributed by atoms with Gasteiger partial charge < -0.3 is 20.1 Å². The maximum absolute atomic E-state index is 11.8. The van der Waals surface area contributed by atoms with E-state index in [1.807, 2.05) is 0 Å². The molecule has 0 aliphatic carbocycles. The molecule has 1 fully saturated rings. The van der Waals surface area contributed by atoms with Crippen LogP contribution in [-0.2, 0) is 9.53 Å². The number of likely N-dealkylation sites (tertiary alicyclic amines) is 1. The lowest BCUT2D eigenvalue weighted by Crippen LogP contribution is -2.49. The van der Waals surface area contributed by atoms with Crippen LogP contribution in [0.4, 0.5) is 4.79 Å². The molecule has 1 saturated heterocycles. The van der Waals surface area contributed by atoms with Gasteiger partial charge in [0.05, 0.1) is 6.61 Å². The van der Waals surface area contributed by atoms with Crippen molar-refractivity contribution in [3.63, 3.8) is 0 Å². The third-order valence-electron chi connectivity index (χ3n) is 2.92. The first kappa shape index (κ1) is 14.8. The molecule has 1 rings (SSSR count). The van der Waals surface area contributed by atoms with Gasteiger partial charge in [0.25, 0.3) is 0 Å². The van der Waals surface area contributed by atoms with Gasteiger partial charge in [0, 0.05) is 32.2 Å². The number of hydrogen-bond acceptors (Lipinski definition) is 4. The number of aliphatic hydroxyl groups is 1. The fraction of sp³-hybridized carbons (Fsp3) is 0.833. The Labute approximate surface area is 107 Å². The number of alkyl carbamates (subject to hydrolysis) is 1. The maximum atomic E-state index is 11.8. The Morgan fingerprint density at radius 3 is 2.94 bits per heavy atom. The van der Waals surface area contributed by atoms with E-state index < -0.39 is 6.09 Å². The van der Waals surface area contributed by atoms with Gasteiger partial charge in [0.15, 0.2) is 0 Å². The molecule has 0 aromatic rings. The number of aliphatic hydroxyl groups excluding tert-OH is 1. The molecule has 0 radical (unpaired) electrons. The minimum atomic E-state index is -0.424. The van der Waals surface area contributed by atoms with E-state index in [0.717, 1.165) is 19.4 Å². The normalized spacial score (nSPS) is 19.4. The molecule has 0 aromatic heterocycles. The highest BCUT2D eigenvalue weighted by Crippen LogP contribution is 2.12. The third kappa shape index (κ3) is 4.91. The van der Waals surface area contributed by atoms with E-state index in [4.69, 9.17) is 9.84 Å². The Morgan fingerprint density at radius 1 is 1.50 bits per heavy atom. The van der Waals surface area contributed by atoms with Crippen molar-refractivity contribution >= 4 is 12.0 Å². The number of ether oxygens (including phenoxy) is 1. The van der Waals surface area contributed by atoms with Gasteiger partial charge in [0.1, 0.15) is 0 Å². The molecule has 1 atom stereocenters. The van der Waals surface area contributed by atoms with Crippen LogP contribution >= 0.6 is 0 Å². The molecule has 2 N–H and O–H groups in total. The average Bonchev–Trinajstić information content (AvgIpc) is 2.36. The number of rotatable bonds is 5. The zero-order chi connectivity index (χ0) is 13.4. The molecule has 1 unspecified atom stereocenters. The van der Waals surface area contributed by atoms with Crippen LogP contribution in [0.5, 0.6) is 0 Å². The van der Waals surface area contributed by atoms with Gasteiger partial charge in [0.2, 0.25) is 5.91 Å². The molecule has 6 heteroatoms. The average molecular weight is 258 g/mol. The van der Waals surface area contributed by atoms with Crippen LogP contribution < -0.4 is 5.32 Å². The quantitative estimate of drug-likeness (QED) is 0.752. The molecule has 1 aliphatic rings. The van der Waals surface area contributed by atoms with Crippen molar-refractivity contribution in [1.29, 1.82) is 0 Å². The van der Waals surface area contributed by atoms with Crippen LogP contribution in [0.15, 0.2) is 0 Å². The summed E-state index contributed by atoms with van der Waals surface area (Å²) in [7, 11) is 0. The Bertz CT molecular complexity index is 283. The first-order valence-electron chi connectivity index (χ1n) is 6.49. The van der Waals surface area contributed by atoms with Crippen molar-refractivity contribution in [2.24, 2.45) is 0 Å². The molecule has 1 heterocycles. The maximum Gasteiger partial charge on any atom is 0.407 e. The first-order valence-corrected chi connectivity index (χ1v) is 6.49. The molecule has 0 aromatic carbocycles.